The number of aromatic nitrogens is 2. The Hall–Kier alpha value is -2.95. The Morgan fingerprint density at radius 1 is 1.09 bits per heavy atom. The van der Waals surface area contributed by atoms with E-state index < -0.39 is 5.97 Å². The van der Waals surface area contributed by atoms with Crippen LogP contribution >= 0.6 is 0 Å². The van der Waals surface area contributed by atoms with E-state index in [1.165, 1.54) is 0 Å². The zero-order valence-electron chi connectivity index (χ0n) is 12.9. The summed E-state index contributed by atoms with van der Waals surface area (Å²) in [7, 11) is 0. The van der Waals surface area contributed by atoms with Gasteiger partial charge in [-0.05, 0) is 37.6 Å². The Kier molecular flexibility index (Phi) is 4.19. The third kappa shape index (κ3) is 3.45. The molecule has 1 heterocycles. The largest absolute Gasteiger partial charge is 0.452 e. The molecule has 0 aliphatic carbocycles. The minimum atomic E-state index is -0.404. The van der Waals surface area contributed by atoms with Gasteiger partial charge in [0, 0.05) is 5.56 Å². The first-order chi connectivity index (χ1) is 11.1. The summed E-state index contributed by atoms with van der Waals surface area (Å²) >= 11 is 0. The van der Waals surface area contributed by atoms with Crippen molar-refractivity contribution in [1.29, 1.82) is 0 Å². The molecule has 0 spiro atoms. The van der Waals surface area contributed by atoms with Gasteiger partial charge in [0.25, 0.3) is 5.89 Å². The zero-order chi connectivity index (χ0) is 16.2. The third-order valence-corrected chi connectivity index (χ3v) is 3.42. The SMILES string of the molecule is Cc1cccc(-c2nnc(COC(=O)c3ccccc3C)o2)c1. The molecule has 3 rings (SSSR count). The average molecular weight is 308 g/mol. The molecule has 0 saturated heterocycles. The van der Waals surface area contributed by atoms with Crippen LogP contribution in [0.2, 0.25) is 0 Å². The summed E-state index contributed by atoms with van der Waals surface area (Å²) in [6.07, 6.45) is 0. The molecule has 0 N–H and O–H groups in total. The van der Waals surface area contributed by atoms with Crippen LogP contribution in [0.3, 0.4) is 0 Å². The molecular weight excluding hydrogens is 292 g/mol. The molecule has 0 saturated carbocycles. The van der Waals surface area contributed by atoms with Gasteiger partial charge in [-0.1, -0.05) is 35.9 Å². The summed E-state index contributed by atoms with van der Waals surface area (Å²) in [5.41, 5.74) is 3.34. The maximum absolute atomic E-state index is 12.0. The number of rotatable bonds is 4. The van der Waals surface area contributed by atoms with E-state index in [1.54, 1.807) is 12.1 Å². The van der Waals surface area contributed by atoms with E-state index in [2.05, 4.69) is 10.2 Å². The van der Waals surface area contributed by atoms with Crippen LogP contribution in [0.25, 0.3) is 11.5 Å². The quantitative estimate of drug-likeness (QED) is 0.687. The van der Waals surface area contributed by atoms with Crippen LogP contribution in [0, 0.1) is 13.8 Å². The molecular formula is C18H16N2O3. The highest BCUT2D eigenvalue weighted by atomic mass is 16.5. The lowest BCUT2D eigenvalue weighted by molar-refractivity contribution is 0.0438. The Balaban J connectivity index is 1.68. The van der Waals surface area contributed by atoms with Crippen LogP contribution in [0.1, 0.15) is 27.4 Å². The second kappa shape index (κ2) is 6.44. The Bertz CT molecular complexity index is 840. The van der Waals surface area contributed by atoms with Gasteiger partial charge in [0.2, 0.25) is 5.89 Å². The summed E-state index contributed by atoms with van der Waals surface area (Å²) in [6.45, 7) is 3.80. The molecule has 0 amide bonds. The smallest absolute Gasteiger partial charge is 0.338 e. The number of carbonyl (C=O) groups excluding carboxylic acids is 1. The second-order valence-electron chi connectivity index (χ2n) is 5.26. The van der Waals surface area contributed by atoms with Crippen LogP contribution in [0.15, 0.2) is 52.9 Å². The fraction of sp³-hybridized carbons (Fsp3) is 0.167. The minimum Gasteiger partial charge on any atom is -0.452 e. The van der Waals surface area contributed by atoms with Crippen molar-refractivity contribution >= 4 is 5.97 Å². The average Bonchev–Trinajstić information content (AvgIpc) is 3.02. The first-order valence-electron chi connectivity index (χ1n) is 7.25. The molecule has 0 fully saturated rings. The van der Waals surface area contributed by atoms with E-state index in [0.717, 1.165) is 16.7 Å². The number of esters is 1. The highest BCUT2D eigenvalue weighted by Gasteiger charge is 2.13. The molecule has 0 unspecified atom stereocenters. The Morgan fingerprint density at radius 3 is 2.70 bits per heavy atom. The highest BCUT2D eigenvalue weighted by Crippen LogP contribution is 2.19. The monoisotopic (exact) mass is 308 g/mol. The predicted molar refractivity (Wildman–Crippen MR) is 84.8 cm³/mol. The van der Waals surface area contributed by atoms with Gasteiger partial charge in [-0.25, -0.2) is 4.79 Å². The first-order valence-corrected chi connectivity index (χ1v) is 7.25. The fourth-order valence-electron chi connectivity index (χ4n) is 2.21. The molecule has 0 aliphatic rings. The lowest BCUT2D eigenvalue weighted by atomic mass is 10.1. The van der Waals surface area contributed by atoms with Crippen molar-refractivity contribution in [2.45, 2.75) is 20.5 Å². The maximum Gasteiger partial charge on any atom is 0.338 e. The van der Waals surface area contributed by atoms with E-state index in [4.69, 9.17) is 9.15 Å². The van der Waals surface area contributed by atoms with Crippen LogP contribution in [0.4, 0.5) is 0 Å². The lowest BCUT2D eigenvalue weighted by Gasteiger charge is -2.04. The summed E-state index contributed by atoms with van der Waals surface area (Å²) in [5.74, 6) is 0.275. The number of nitrogens with zero attached hydrogens (tertiary/aromatic N) is 2. The van der Waals surface area contributed by atoms with Gasteiger partial charge in [0.1, 0.15) is 0 Å². The van der Waals surface area contributed by atoms with Crippen molar-refractivity contribution in [1.82, 2.24) is 10.2 Å². The summed E-state index contributed by atoms with van der Waals surface area (Å²) in [5, 5.41) is 7.90. The van der Waals surface area contributed by atoms with Crippen molar-refractivity contribution < 1.29 is 13.9 Å². The van der Waals surface area contributed by atoms with Gasteiger partial charge < -0.3 is 9.15 Å². The van der Waals surface area contributed by atoms with Crippen LogP contribution in [-0.2, 0) is 11.3 Å². The first kappa shape index (κ1) is 15.0. The van der Waals surface area contributed by atoms with Crippen molar-refractivity contribution in [2.24, 2.45) is 0 Å². The Labute approximate surface area is 133 Å². The molecule has 116 valence electrons. The van der Waals surface area contributed by atoms with E-state index in [0.29, 0.717) is 11.5 Å². The normalized spacial score (nSPS) is 10.5. The second-order valence-corrected chi connectivity index (χ2v) is 5.26. The number of benzene rings is 2. The van der Waals surface area contributed by atoms with Gasteiger partial charge in [0.05, 0.1) is 5.56 Å². The maximum atomic E-state index is 12.0. The van der Waals surface area contributed by atoms with E-state index in [9.17, 15) is 4.79 Å². The summed E-state index contributed by atoms with van der Waals surface area (Å²) < 4.78 is 10.8. The summed E-state index contributed by atoms with van der Waals surface area (Å²) in [4.78, 5) is 12.0. The standard InChI is InChI=1S/C18H16N2O3/c1-12-6-5-8-14(10-12)17-20-19-16(23-17)11-22-18(21)15-9-4-3-7-13(15)2/h3-10H,11H2,1-2H3. The third-order valence-electron chi connectivity index (χ3n) is 3.42. The fourth-order valence-corrected chi connectivity index (χ4v) is 2.21. The number of hydrogen-bond donors (Lipinski definition) is 0. The van der Waals surface area contributed by atoms with Crippen molar-refractivity contribution in [3.8, 4) is 11.5 Å². The molecule has 3 aromatic rings. The molecule has 2 aromatic carbocycles. The lowest BCUT2D eigenvalue weighted by Crippen LogP contribution is -2.07. The molecule has 5 heteroatoms. The zero-order valence-corrected chi connectivity index (χ0v) is 12.9. The van der Waals surface area contributed by atoms with Crippen LogP contribution in [-0.4, -0.2) is 16.2 Å². The predicted octanol–water partition coefficient (Wildman–Crippen LogP) is 3.71. The van der Waals surface area contributed by atoms with E-state index in [-0.39, 0.29) is 12.5 Å². The van der Waals surface area contributed by atoms with Gasteiger partial charge in [0.15, 0.2) is 6.61 Å². The molecule has 0 radical (unpaired) electrons. The van der Waals surface area contributed by atoms with E-state index in [1.807, 2.05) is 50.2 Å². The van der Waals surface area contributed by atoms with Gasteiger partial charge in [-0.3, -0.25) is 0 Å². The number of hydrogen-bond acceptors (Lipinski definition) is 5. The minimum absolute atomic E-state index is 0.0496. The molecule has 5 nitrogen and oxygen atoms in total. The number of aryl methyl sites for hydroxylation is 2. The van der Waals surface area contributed by atoms with Gasteiger partial charge >= 0.3 is 5.97 Å². The summed E-state index contributed by atoms with van der Waals surface area (Å²) in [6, 6.07) is 15.0. The van der Waals surface area contributed by atoms with Crippen molar-refractivity contribution in [2.75, 3.05) is 0 Å². The molecule has 0 aliphatic heterocycles. The Morgan fingerprint density at radius 2 is 1.91 bits per heavy atom. The number of carbonyl (C=O) groups is 1. The molecule has 23 heavy (non-hydrogen) atoms. The molecule has 0 atom stereocenters. The van der Waals surface area contributed by atoms with E-state index >= 15 is 0 Å². The van der Waals surface area contributed by atoms with Crippen LogP contribution < -0.4 is 0 Å². The van der Waals surface area contributed by atoms with Crippen molar-refractivity contribution in [3.05, 3.63) is 71.1 Å². The van der Waals surface area contributed by atoms with Crippen molar-refractivity contribution in [3.63, 3.8) is 0 Å². The topological polar surface area (TPSA) is 65.2 Å². The van der Waals surface area contributed by atoms with Crippen LogP contribution in [0.5, 0.6) is 0 Å². The highest BCUT2D eigenvalue weighted by molar-refractivity contribution is 5.90. The van der Waals surface area contributed by atoms with Gasteiger partial charge in [-0.2, -0.15) is 0 Å². The molecule has 1 aromatic heterocycles. The number of ether oxygens (including phenoxy) is 1. The molecule has 0 bridgehead atoms. The van der Waals surface area contributed by atoms with Gasteiger partial charge in [-0.15, -0.1) is 10.2 Å².